The number of benzene rings is 1. The molecule has 6 nitrogen and oxygen atoms in total. The zero-order valence-corrected chi connectivity index (χ0v) is 13.2. The summed E-state index contributed by atoms with van der Waals surface area (Å²) in [5.74, 6) is -0.497. The highest BCUT2D eigenvalue weighted by Crippen LogP contribution is 2.12. The number of ketones is 1. The highest BCUT2D eigenvalue weighted by molar-refractivity contribution is 6.03. The standard InChI is InChI=1S/C17H19N3O3/c1-3-4-10-20-16(22)9-8-15(19-20)17(23)18-14-7-5-6-13(11-14)12(2)21/h5-9,11H,3-4,10H2,1-2H3,(H,18,23). The number of unbranched alkanes of at least 4 members (excludes halogenated alkanes) is 1. The van der Waals surface area contributed by atoms with E-state index in [1.165, 1.54) is 23.7 Å². The van der Waals surface area contributed by atoms with E-state index in [1.807, 2.05) is 6.92 Å². The first-order chi connectivity index (χ1) is 11.0. The molecule has 0 radical (unpaired) electrons. The molecule has 0 bridgehead atoms. The molecule has 1 aromatic heterocycles. The minimum atomic E-state index is -0.420. The van der Waals surface area contributed by atoms with Gasteiger partial charge in [0.15, 0.2) is 5.78 Å². The van der Waals surface area contributed by atoms with Crippen LogP contribution in [0.4, 0.5) is 5.69 Å². The molecule has 1 N–H and O–H groups in total. The van der Waals surface area contributed by atoms with Gasteiger partial charge in [0, 0.05) is 23.9 Å². The summed E-state index contributed by atoms with van der Waals surface area (Å²) in [6.45, 7) is 3.96. The van der Waals surface area contributed by atoms with Gasteiger partial charge in [-0.1, -0.05) is 25.5 Å². The molecular weight excluding hydrogens is 294 g/mol. The van der Waals surface area contributed by atoms with Gasteiger partial charge in [0.25, 0.3) is 11.5 Å². The Morgan fingerprint density at radius 2 is 2.00 bits per heavy atom. The molecule has 0 aliphatic rings. The van der Waals surface area contributed by atoms with Gasteiger partial charge in [-0.2, -0.15) is 5.10 Å². The van der Waals surface area contributed by atoms with Crippen LogP contribution < -0.4 is 10.9 Å². The quantitative estimate of drug-likeness (QED) is 0.831. The Kier molecular flexibility index (Phi) is 5.41. The second-order valence-electron chi connectivity index (χ2n) is 5.22. The lowest BCUT2D eigenvalue weighted by Gasteiger charge is -2.08. The van der Waals surface area contributed by atoms with Gasteiger partial charge >= 0.3 is 0 Å². The number of nitrogens with zero attached hydrogens (tertiary/aromatic N) is 2. The van der Waals surface area contributed by atoms with E-state index >= 15 is 0 Å². The summed E-state index contributed by atoms with van der Waals surface area (Å²) in [4.78, 5) is 35.3. The first-order valence-electron chi connectivity index (χ1n) is 7.51. The summed E-state index contributed by atoms with van der Waals surface area (Å²) in [5, 5.41) is 6.78. The lowest BCUT2D eigenvalue weighted by Crippen LogP contribution is -2.26. The number of hydrogen-bond acceptors (Lipinski definition) is 4. The molecular formula is C17H19N3O3. The molecule has 0 spiro atoms. The predicted octanol–water partition coefficient (Wildman–Crippen LogP) is 2.50. The molecule has 6 heteroatoms. The van der Waals surface area contributed by atoms with Crippen LogP contribution in [-0.2, 0) is 6.54 Å². The Morgan fingerprint density at radius 3 is 2.70 bits per heavy atom. The van der Waals surface area contributed by atoms with Crippen molar-refractivity contribution in [1.82, 2.24) is 9.78 Å². The number of amides is 1. The molecule has 0 saturated carbocycles. The van der Waals surface area contributed by atoms with Crippen molar-refractivity contribution in [3.05, 3.63) is 58.0 Å². The summed E-state index contributed by atoms with van der Waals surface area (Å²) >= 11 is 0. The Balaban J connectivity index is 2.19. The number of carbonyl (C=O) groups excluding carboxylic acids is 2. The maximum Gasteiger partial charge on any atom is 0.276 e. The number of hydrogen-bond donors (Lipinski definition) is 1. The van der Waals surface area contributed by atoms with Crippen LogP contribution >= 0.6 is 0 Å². The van der Waals surface area contributed by atoms with Crippen LogP contribution in [0.2, 0.25) is 0 Å². The van der Waals surface area contributed by atoms with Crippen molar-refractivity contribution in [2.75, 3.05) is 5.32 Å². The molecule has 23 heavy (non-hydrogen) atoms. The van der Waals surface area contributed by atoms with Gasteiger partial charge in [-0.25, -0.2) is 4.68 Å². The number of nitrogens with one attached hydrogen (secondary N) is 1. The average Bonchev–Trinajstić information content (AvgIpc) is 2.54. The SMILES string of the molecule is CCCCn1nc(C(=O)Nc2cccc(C(C)=O)c2)ccc1=O. The van der Waals surface area contributed by atoms with Crippen LogP contribution in [-0.4, -0.2) is 21.5 Å². The first kappa shape index (κ1) is 16.6. The van der Waals surface area contributed by atoms with Gasteiger partial charge in [-0.05, 0) is 31.5 Å². The molecule has 0 aliphatic heterocycles. The summed E-state index contributed by atoms with van der Waals surface area (Å²) in [6.07, 6.45) is 1.75. The third-order valence-electron chi connectivity index (χ3n) is 3.35. The van der Waals surface area contributed by atoms with Gasteiger partial charge < -0.3 is 5.32 Å². The van der Waals surface area contributed by atoms with Crippen LogP contribution in [0.1, 0.15) is 47.5 Å². The van der Waals surface area contributed by atoms with Crippen molar-refractivity contribution in [1.29, 1.82) is 0 Å². The highest BCUT2D eigenvalue weighted by Gasteiger charge is 2.11. The Hall–Kier alpha value is -2.76. The van der Waals surface area contributed by atoms with Gasteiger partial charge in [0.1, 0.15) is 5.69 Å². The van der Waals surface area contributed by atoms with Crippen LogP contribution in [0.3, 0.4) is 0 Å². The van der Waals surface area contributed by atoms with Gasteiger partial charge in [0.05, 0.1) is 0 Å². The second kappa shape index (κ2) is 7.49. The van der Waals surface area contributed by atoms with Crippen molar-refractivity contribution in [2.24, 2.45) is 0 Å². The predicted molar refractivity (Wildman–Crippen MR) is 87.8 cm³/mol. The minimum Gasteiger partial charge on any atom is -0.321 e. The molecule has 1 aromatic carbocycles. The van der Waals surface area contributed by atoms with E-state index in [-0.39, 0.29) is 17.0 Å². The normalized spacial score (nSPS) is 10.3. The highest BCUT2D eigenvalue weighted by atomic mass is 16.2. The van der Waals surface area contributed by atoms with E-state index < -0.39 is 5.91 Å². The molecule has 2 aromatic rings. The molecule has 0 saturated heterocycles. The maximum atomic E-state index is 12.3. The van der Waals surface area contributed by atoms with Crippen molar-refractivity contribution in [3.63, 3.8) is 0 Å². The number of aryl methyl sites for hydroxylation is 1. The number of carbonyl (C=O) groups is 2. The number of anilines is 1. The van der Waals surface area contributed by atoms with E-state index in [9.17, 15) is 14.4 Å². The lowest BCUT2D eigenvalue weighted by molar-refractivity contribution is 0.100. The fourth-order valence-electron chi connectivity index (χ4n) is 2.05. The van der Waals surface area contributed by atoms with Crippen LogP contribution in [0.25, 0.3) is 0 Å². The number of aromatic nitrogens is 2. The number of rotatable bonds is 6. The Morgan fingerprint density at radius 1 is 1.22 bits per heavy atom. The monoisotopic (exact) mass is 313 g/mol. The molecule has 0 aliphatic carbocycles. The first-order valence-corrected chi connectivity index (χ1v) is 7.51. The van der Waals surface area contributed by atoms with E-state index in [1.54, 1.807) is 24.3 Å². The summed E-state index contributed by atoms with van der Waals surface area (Å²) in [6, 6.07) is 9.41. The summed E-state index contributed by atoms with van der Waals surface area (Å²) < 4.78 is 1.30. The van der Waals surface area contributed by atoms with Crippen molar-refractivity contribution in [3.8, 4) is 0 Å². The Labute approximate surface area is 134 Å². The van der Waals surface area contributed by atoms with E-state index in [2.05, 4.69) is 10.4 Å². The third-order valence-corrected chi connectivity index (χ3v) is 3.35. The largest absolute Gasteiger partial charge is 0.321 e. The molecule has 0 unspecified atom stereocenters. The van der Waals surface area contributed by atoms with Crippen LogP contribution in [0.5, 0.6) is 0 Å². The summed E-state index contributed by atoms with van der Waals surface area (Å²) in [7, 11) is 0. The number of Topliss-reactive ketones (excluding diaryl/α,β-unsaturated/α-hetero) is 1. The Bertz CT molecular complexity index is 781. The van der Waals surface area contributed by atoms with E-state index in [4.69, 9.17) is 0 Å². The van der Waals surface area contributed by atoms with E-state index in [0.29, 0.717) is 17.8 Å². The molecule has 1 heterocycles. The summed E-state index contributed by atoms with van der Waals surface area (Å²) in [5.41, 5.74) is 0.960. The van der Waals surface area contributed by atoms with Crippen LogP contribution in [0, 0.1) is 0 Å². The molecule has 1 amide bonds. The topological polar surface area (TPSA) is 81.1 Å². The third kappa shape index (κ3) is 4.35. The van der Waals surface area contributed by atoms with Crippen LogP contribution in [0.15, 0.2) is 41.2 Å². The second-order valence-corrected chi connectivity index (χ2v) is 5.22. The van der Waals surface area contributed by atoms with E-state index in [0.717, 1.165) is 12.8 Å². The zero-order chi connectivity index (χ0) is 16.8. The van der Waals surface area contributed by atoms with Crippen molar-refractivity contribution < 1.29 is 9.59 Å². The maximum absolute atomic E-state index is 12.3. The van der Waals surface area contributed by atoms with Crippen molar-refractivity contribution in [2.45, 2.75) is 33.2 Å². The fraction of sp³-hybridized carbons (Fsp3) is 0.294. The molecule has 0 atom stereocenters. The smallest absolute Gasteiger partial charge is 0.276 e. The van der Waals surface area contributed by atoms with Gasteiger partial charge in [-0.3, -0.25) is 14.4 Å². The van der Waals surface area contributed by atoms with Gasteiger partial charge in [-0.15, -0.1) is 0 Å². The van der Waals surface area contributed by atoms with Gasteiger partial charge in [0.2, 0.25) is 0 Å². The zero-order valence-electron chi connectivity index (χ0n) is 13.2. The fourth-order valence-corrected chi connectivity index (χ4v) is 2.05. The van der Waals surface area contributed by atoms with Crippen molar-refractivity contribution >= 4 is 17.4 Å². The molecule has 0 fully saturated rings. The minimum absolute atomic E-state index is 0.0765. The lowest BCUT2D eigenvalue weighted by atomic mass is 10.1. The molecule has 120 valence electrons. The average molecular weight is 313 g/mol. The molecule has 2 rings (SSSR count).